The summed E-state index contributed by atoms with van der Waals surface area (Å²) < 4.78 is 5.64. The quantitative estimate of drug-likeness (QED) is 0.772. The van der Waals surface area contributed by atoms with Crippen molar-refractivity contribution in [3.8, 4) is 0 Å². The van der Waals surface area contributed by atoms with Crippen molar-refractivity contribution in [2.24, 2.45) is 0 Å². The number of hydrogen-bond donors (Lipinski definition) is 1. The first-order valence-corrected chi connectivity index (χ1v) is 8.50. The average molecular weight is 364 g/mol. The van der Waals surface area contributed by atoms with E-state index in [-0.39, 0.29) is 23.0 Å². The zero-order chi connectivity index (χ0) is 19.6. The van der Waals surface area contributed by atoms with Crippen molar-refractivity contribution in [1.29, 1.82) is 0 Å². The lowest BCUT2D eigenvalue weighted by Gasteiger charge is -2.17. The summed E-state index contributed by atoms with van der Waals surface area (Å²) in [7, 11) is 3.20. The summed E-state index contributed by atoms with van der Waals surface area (Å²) >= 11 is 0. The molecule has 0 saturated carbocycles. The molecule has 0 radical (unpaired) electrons. The first kappa shape index (κ1) is 18.4. The molecular formula is C21H20N2O4. The van der Waals surface area contributed by atoms with Crippen LogP contribution in [0.3, 0.4) is 0 Å². The first-order chi connectivity index (χ1) is 12.9. The summed E-state index contributed by atoms with van der Waals surface area (Å²) in [5.74, 6) is -0.551. The lowest BCUT2D eigenvalue weighted by molar-refractivity contribution is 0.0753. The summed E-state index contributed by atoms with van der Waals surface area (Å²) in [6, 6.07) is 13.5. The summed E-state index contributed by atoms with van der Waals surface area (Å²) in [5, 5.41) is 3.02. The molecule has 0 aliphatic rings. The van der Waals surface area contributed by atoms with E-state index in [2.05, 4.69) is 5.32 Å². The van der Waals surface area contributed by atoms with Gasteiger partial charge < -0.3 is 14.6 Å². The standard InChI is InChI=1S/C21H20N2O4/c1-13-4-9-18-16(10-13)17(24)11-19(27-18)21(26)23(3)12-14-5-7-15(8-6-14)20(25)22-2/h4-11H,12H2,1-3H3,(H,22,25). The number of fused-ring (bicyclic) bond motifs is 1. The van der Waals surface area contributed by atoms with Crippen molar-refractivity contribution >= 4 is 22.8 Å². The van der Waals surface area contributed by atoms with Gasteiger partial charge in [-0.05, 0) is 36.8 Å². The number of nitrogens with zero attached hydrogens (tertiary/aromatic N) is 1. The van der Waals surface area contributed by atoms with Crippen molar-refractivity contribution in [2.75, 3.05) is 14.1 Å². The second-order valence-electron chi connectivity index (χ2n) is 6.41. The normalized spacial score (nSPS) is 10.6. The van der Waals surface area contributed by atoms with Gasteiger partial charge in [0.2, 0.25) is 0 Å². The van der Waals surface area contributed by atoms with Crippen molar-refractivity contribution < 1.29 is 14.0 Å². The summed E-state index contributed by atoms with van der Waals surface area (Å²) in [6.45, 7) is 2.21. The molecular weight excluding hydrogens is 344 g/mol. The van der Waals surface area contributed by atoms with Crippen LogP contribution in [-0.2, 0) is 6.54 Å². The second-order valence-corrected chi connectivity index (χ2v) is 6.41. The molecule has 27 heavy (non-hydrogen) atoms. The Morgan fingerprint density at radius 2 is 1.78 bits per heavy atom. The molecule has 1 N–H and O–H groups in total. The summed E-state index contributed by atoms with van der Waals surface area (Å²) in [5.41, 5.74) is 2.50. The number of carbonyl (C=O) groups excluding carboxylic acids is 2. The van der Waals surface area contributed by atoms with Crippen molar-refractivity contribution in [1.82, 2.24) is 10.2 Å². The summed E-state index contributed by atoms with van der Waals surface area (Å²) in [4.78, 5) is 38.0. The van der Waals surface area contributed by atoms with Crippen LogP contribution in [0.4, 0.5) is 0 Å². The molecule has 1 heterocycles. The number of benzene rings is 2. The number of carbonyl (C=O) groups is 2. The van der Waals surface area contributed by atoms with Crippen LogP contribution >= 0.6 is 0 Å². The van der Waals surface area contributed by atoms with Crippen LogP contribution in [0.2, 0.25) is 0 Å². The molecule has 0 aliphatic carbocycles. The molecule has 0 aliphatic heterocycles. The lowest BCUT2D eigenvalue weighted by atomic mass is 10.1. The zero-order valence-corrected chi connectivity index (χ0v) is 15.4. The predicted molar refractivity (Wildman–Crippen MR) is 103 cm³/mol. The van der Waals surface area contributed by atoms with Gasteiger partial charge >= 0.3 is 0 Å². The van der Waals surface area contributed by atoms with Gasteiger partial charge in [-0.3, -0.25) is 14.4 Å². The van der Waals surface area contributed by atoms with E-state index in [1.807, 2.05) is 13.0 Å². The molecule has 0 unspecified atom stereocenters. The van der Waals surface area contributed by atoms with E-state index in [4.69, 9.17) is 4.42 Å². The Hall–Kier alpha value is -3.41. The average Bonchev–Trinajstić information content (AvgIpc) is 2.67. The monoisotopic (exact) mass is 364 g/mol. The molecule has 2 amide bonds. The zero-order valence-electron chi connectivity index (χ0n) is 15.4. The minimum absolute atomic E-state index is 0.000772. The van der Waals surface area contributed by atoms with Gasteiger partial charge in [-0.2, -0.15) is 0 Å². The van der Waals surface area contributed by atoms with Gasteiger partial charge in [0.25, 0.3) is 11.8 Å². The van der Waals surface area contributed by atoms with Gasteiger partial charge in [0.05, 0.1) is 5.39 Å². The summed E-state index contributed by atoms with van der Waals surface area (Å²) in [6.07, 6.45) is 0. The SMILES string of the molecule is CNC(=O)c1ccc(CN(C)C(=O)c2cc(=O)c3cc(C)ccc3o2)cc1. The van der Waals surface area contributed by atoms with Gasteiger partial charge in [-0.25, -0.2) is 0 Å². The van der Waals surface area contributed by atoms with E-state index in [1.165, 1.54) is 11.0 Å². The first-order valence-electron chi connectivity index (χ1n) is 8.50. The number of aryl methyl sites for hydroxylation is 1. The van der Waals surface area contributed by atoms with Crippen LogP contribution in [0.1, 0.15) is 32.0 Å². The number of amides is 2. The highest BCUT2D eigenvalue weighted by atomic mass is 16.3. The Morgan fingerprint density at radius 1 is 1.07 bits per heavy atom. The lowest BCUT2D eigenvalue weighted by Crippen LogP contribution is -2.27. The van der Waals surface area contributed by atoms with E-state index in [9.17, 15) is 14.4 Å². The number of rotatable bonds is 4. The Balaban J connectivity index is 1.81. The fourth-order valence-electron chi connectivity index (χ4n) is 2.82. The molecule has 1 aromatic heterocycles. The van der Waals surface area contributed by atoms with Gasteiger partial charge in [0, 0.05) is 32.3 Å². The molecule has 6 nitrogen and oxygen atoms in total. The Labute approximate surface area is 156 Å². The molecule has 0 bridgehead atoms. The van der Waals surface area contributed by atoms with Crippen LogP contribution < -0.4 is 10.7 Å². The van der Waals surface area contributed by atoms with Gasteiger partial charge in [0.15, 0.2) is 11.2 Å². The van der Waals surface area contributed by atoms with E-state index >= 15 is 0 Å². The predicted octanol–water partition coefficient (Wildman–Crippen LogP) is 2.73. The Morgan fingerprint density at radius 3 is 2.44 bits per heavy atom. The molecule has 3 rings (SSSR count). The maximum Gasteiger partial charge on any atom is 0.289 e. The van der Waals surface area contributed by atoms with E-state index in [1.54, 1.807) is 50.5 Å². The molecule has 3 aromatic rings. The highest BCUT2D eigenvalue weighted by Crippen LogP contribution is 2.16. The van der Waals surface area contributed by atoms with Gasteiger partial charge in [-0.15, -0.1) is 0 Å². The van der Waals surface area contributed by atoms with E-state index < -0.39 is 0 Å². The smallest absolute Gasteiger partial charge is 0.289 e. The van der Waals surface area contributed by atoms with Crippen LogP contribution in [-0.4, -0.2) is 30.8 Å². The third kappa shape index (κ3) is 3.89. The molecule has 0 saturated heterocycles. The maximum absolute atomic E-state index is 12.7. The molecule has 0 fully saturated rings. The fourth-order valence-corrected chi connectivity index (χ4v) is 2.82. The van der Waals surface area contributed by atoms with Crippen molar-refractivity contribution in [2.45, 2.75) is 13.5 Å². The molecule has 0 spiro atoms. The van der Waals surface area contributed by atoms with E-state index in [0.29, 0.717) is 23.1 Å². The molecule has 2 aromatic carbocycles. The highest BCUT2D eigenvalue weighted by Gasteiger charge is 2.17. The minimum Gasteiger partial charge on any atom is -0.451 e. The highest BCUT2D eigenvalue weighted by molar-refractivity contribution is 5.94. The van der Waals surface area contributed by atoms with Crippen LogP contribution in [0.25, 0.3) is 11.0 Å². The van der Waals surface area contributed by atoms with Crippen molar-refractivity contribution in [3.05, 3.63) is 81.2 Å². The third-order valence-electron chi connectivity index (χ3n) is 4.30. The molecule has 0 atom stereocenters. The minimum atomic E-state index is -0.384. The van der Waals surface area contributed by atoms with Gasteiger partial charge in [-0.1, -0.05) is 23.8 Å². The second kappa shape index (κ2) is 7.45. The Kier molecular flexibility index (Phi) is 5.07. The van der Waals surface area contributed by atoms with Gasteiger partial charge in [0.1, 0.15) is 5.58 Å². The fraction of sp³-hybridized carbons (Fsp3) is 0.190. The third-order valence-corrected chi connectivity index (χ3v) is 4.30. The Bertz CT molecular complexity index is 1070. The number of hydrogen-bond acceptors (Lipinski definition) is 4. The van der Waals surface area contributed by atoms with Crippen LogP contribution in [0.15, 0.2) is 57.7 Å². The number of nitrogens with one attached hydrogen (secondary N) is 1. The topological polar surface area (TPSA) is 79.6 Å². The molecule has 138 valence electrons. The van der Waals surface area contributed by atoms with Crippen LogP contribution in [0, 0.1) is 6.92 Å². The van der Waals surface area contributed by atoms with E-state index in [0.717, 1.165) is 11.1 Å². The van der Waals surface area contributed by atoms with Crippen LogP contribution in [0.5, 0.6) is 0 Å². The molecule has 6 heteroatoms. The van der Waals surface area contributed by atoms with Crippen molar-refractivity contribution in [3.63, 3.8) is 0 Å². The maximum atomic E-state index is 12.7. The largest absolute Gasteiger partial charge is 0.451 e.